The minimum atomic E-state index is -0.470. The summed E-state index contributed by atoms with van der Waals surface area (Å²) < 4.78 is 1.36. The highest BCUT2D eigenvalue weighted by Crippen LogP contribution is 2.22. The van der Waals surface area contributed by atoms with Crippen LogP contribution in [-0.4, -0.2) is 44.6 Å². The molecule has 2 heterocycles. The van der Waals surface area contributed by atoms with Crippen molar-refractivity contribution in [2.24, 2.45) is 5.73 Å². The Morgan fingerprint density at radius 2 is 2.13 bits per heavy atom. The molecule has 1 amide bonds. The number of nitro benzene ring substituents is 1. The second kappa shape index (κ2) is 6.17. The number of likely N-dealkylation sites (tertiary alicyclic amines) is 1. The van der Waals surface area contributed by atoms with E-state index in [1.807, 2.05) is 0 Å². The maximum Gasteiger partial charge on any atom is 0.294 e. The Balaban J connectivity index is 1.86. The standard InChI is InChI=1S/C15H17N5O3/c16-11-4-3-8-18(10-11)15(21)12-7-9-19(17-12)13-5-1-2-6-14(13)20(22)23/h1-2,5-7,9,11H,3-4,8,10,16H2. The molecule has 8 nitrogen and oxygen atoms in total. The van der Waals surface area contributed by atoms with Crippen molar-refractivity contribution >= 4 is 11.6 Å². The first-order valence-electron chi connectivity index (χ1n) is 7.40. The van der Waals surface area contributed by atoms with Crippen LogP contribution in [0.3, 0.4) is 0 Å². The highest BCUT2D eigenvalue weighted by molar-refractivity contribution is 5.92. The van der Waals surface area contributed by atoms with E-state index in [-0.39, 0.29) is 23.3 Å². The van der Waals surface area contributed by atoms with Gasteiger partial charge >= 0.3 is 0 Å². The lowest BCUT2D eigenvalue weighted by atomic mass is 10.1. The van der Waals surface area contributed by atoms with Crippen molar-refractivity contribution in [3.8, 4) is 5.69 Å². The van der Waals surface area contributed by atoms with Crippen molar-refractivity contribution in [2.45, 2.75) is 18.9 Å². The highest BCUT2D eigenvalue weighted by atomic mass is 16.6. The van der Waals surface area contributed by atoms with Crippen molar-refractivity contribution < 1.29 is 9.72 Å². The first-order valence-corrected chi connectivity index (χ1v) is 7.40. The molecular formula is C15H17N5O3. The lowest BCUT2D eigenvalue weighted by Crippen LogP contribution is -2.45. The van der Waals surface area contributed by atoms with E-state index < -0.39 is 4.92 Å². The number of hydrogen-bond donors (Lipinski definition) is 1. The molecule has 0 radical (unpaired) electrons. The van der Waals surface area contributed by atoms with E-state index in [1.54, 1.807) is 35.4 Å². The molecule has 2 N–H and O–H groups in total. The zero-order chi connectivity index (χ0) is 16.4. The molecule has 1 aromatic carbocycles. The van der Waals surface area contributed by atoms with Gasteiger partial charge in [0, 0.05) is 31.4 Å². The lowest BCUT2D eigenvalue weighted by Gasteiger charge is -2.30. The SMILES string of the molecule is NC1CCCN(C(=O)c2ccn(-c3ccccc3[N+](=O)[O-])n2)C1. The third-order valence-corrected chi connectivity index (χ3v) is 3.88. The third kappa shape index (κ3) is 3.07. The third-order valence-electron chi connectivity index (χ3n) is 3.88. The van der Waals surface area contributed by atoms with Gasteiger partial charge in [0.05, 0.1) is 4.92 Å². The van der Waals surface area contributed by atoms with E-state index in [0.717, 1.165) is 12.8 Å². The van der Waals surface area contributed by atoms with Crippen LogP contribution in [0.1, 0.15) is 23.3 Å². The number of carbonyl (C=O) groups excluding carboxylic acids is 1. The fourth-order valence-electron chi connectivity index (χ4n) is 2.74. The van der Waals surface area contributed by atoms with Gasteiger partial charge in [-0.1, -0.05) is 12.1 Å². The maximum absolute atomic E-state index is 12.5. The van der Waals surface area contributed by atoms with Gasteiger partial charge in [-0.3, -0.25) is 14.9 Å². The second-order valence-electron chi connectivity index (χ2n) is 5.54. The van der Waals surface area contributed by atoms with E-state index in [2.05, 4.69) is 5.10 Å². The number of carbonyl (C=O) groups is 1. The summed E-state index contributed by atoms with van der Waals surface area (Å²) in [5.41, 5.74) is 6.42. The number of para-hydroxylation sites is 2. The van der Waals surface area contributed by atoms with Crippen LogP contribution >= 0.6 is 0 Å². The van der Waals surface area contributed by atoms with Crippen LogP contribution in [0.5, 0.6) is 0 Å². The molecule has 1 saturated heterocycles. The van der Waals surface area contributed by atoms with Gasteiger partial charge in [-0.2, -0.15) is 5.10 Å². The van der Waals surface area contributed by atoms with Crippen molar-refractivity contribution in [2.75, 3.05) is 13.1 Å². The molecule has 1 unspecified atom stereocenters. The minimum absolute atomic E-state index is 0.00926. The molecule has 0 aliphatic carbocycles. The number of rotatable bonds is 3. The number of piperidine rings is 1. The summed E-state index contributed by atoms with van der Waals surface area (Å²) in [6, 6.07) is 7.84. The fraction of sp³-hybridized carbons (Fsp3) is 0.333. The number of amides is 1. The summed E-state index contributed by atoms with van der Waals surface area (Å²) in [7, 11) is 0. The Morgan fingerprint density at radius 3 is 2.87 bits per heavy atom. The largest absolute Gasteiger partial charge is 0.336 e. The molecule has 3 rings (SSSR count). The second-order valence-corrected chi connectivity index (χ2v) is 5.54. The summed E-state index contributed by atoms with van der Waals surface area (Å²) in [6.07, 6.45) is 3.34. The van der Waals surface area contributed by atoms with E-state index in [0.29, 0.717) is 18.8 Å². The molecule has 0 bridgehead atoms. The molecule has 1 aliphatic rings. The number of aromatic nitrogens is 2. The van der Waals surface area contributed by atoms with Crippen LogP contribution < -0.4 is 5.73 Å². The average Bonchev–Trinajstić information content (AvgIpc) is 3.04. The molecule has 8 heteroatoms. The van der Waals surface area contributed by atoms with E-state index in [4.69, 9.17) is 5.73 Å². The number of nitro groups is 1. The van der Waals surface area contributed by atoms with Gasteiger partial charge < -0.3 is 10.6 Å². The van der Waals surface area contributed by atoms with Crippen molar-refractivity contribution in [1.29, 1.82) is 0 Å². The quantitative estimate of drug-likeness (QED) is 0.679. The molecule has 120 valence electrons. The molecule has 1 aromatic heterocycles. The van der Waals surface area contributed by atoms with Gasteiger partial charge in [-0.25, -0.2) is 4.68 Å². The summed E-state index contributed by atoms with van der Waals surface area (Å²) in [5.74, 6) is -0.197. The number of hydrogen-bond acceptors (Lipinski definition) is 5. The zero-order valence-corrected chi connectivity index (χ0v) is 12.5. The topological polar surface area (TPSA) is 107 Å². The number of benzene rings is 1. The van der Waals surface area contributed by atoms with Gasteiger partial charge in [0.2, 0.25) is 0 Å². The Labute approximate surface area is 132 Å². The number of nitrogens with zero attached hydrogens (tertiary/aromatic N) is 4. The van der Waals surface area contributed by atoms with Gasteiger partial charge in [0.25, 0.3) is 11.6 Å². The lowest BCUT2D eigenvalue weighted by molar-refractivity contribution is -0.384. The first-order chi connectivity index (χ1) is 11.1. The Morgan fingerprint density at radius 1 is 1.35 bits per heavy atom. The van der Waals surface area contributed by atoms with Crippen molar-refractivity contribution in [3.63, 3.8) is 0 Å². The van der Waals surface area contributed by atoms with Crippen LogP contribution in [0.15, 0.2) is 36.5 Å². The average molecular weight is 315 g/mol. The summed E-state index contributed by atoms with van der Waals surface area (Å²) in [4.78, 5) is 24.8. The zero-order valence-electron chi connectivity index (χ0n) is 12.5. The molecule has 23 heavy (non-hydrogen) atoms. The van der Waals surface area contributed by atoms with Gasteiger partial charge in [-0.15, -0.1) is 0 Å². The normalized spacial score (nSPS) is 18.0. The van der Waals surface area contributed by atoms with Gasteiger partial charge in [0.15, 0.2) is 5.69 Å². The summed E-state index contributed by atoms with van der Waals surface area (Å²) in [5, 5.41) is 15.3. The van der Waals surface area contributed by atoms with E-state index in [1.165, 1.54) is 10.7 Å². The monoisotopic (exact) mass is 315 g/mol. The molecule has 0 saturated carbocycles. The maximum atomic E-state index is 12.5. The van der Waals surface area contributed by atoms with E-state index >= 15 is 0 Å². The molecule has 1 aliphatic heterocycles. The Kier molecular flexibility index (Phi) is 4.07. The first kappa shape index (κ1) is 15.2. The predicted molar refractivity (Wildman–Crippen MR) is 83.3 cm³/mol. The van der Waals surface area contributed by atoms with Crippen molar-refractivity contribution in [3.05, 3.63) is 52.3 Å². The Bertz CT molecular complexity index is 742. The van der Waals surface area contributed by atoms with Crippen molar-refractivity contribution in [1.82, 2.24) is 14.7 Å². The molecule has 0 spiro atoms. The predicted octanol–water partition coefficient (Wildman–Crippen LogP) is 1.34. The van der Waals surface area contributed by atoms with Crippen LogP contribution in [-0.2, 0) is 0 Å². The summed E-state index contributed by atoms with van der Waals surface area (Å²) >= 11 is 0. The minimum Gasteiger partial charge on any atom is -0.336 e. The molecule has 1 fully saturated rings. The fourth-order valence-corrected chi connectivity index (χ4v) is 2.74. The van der Waals surface area contributed by atoms with Gasteiger partial charge in [-0.05, 0) is 25.0 Å². The number of nitrogens with two attached hydrogens (primary N) is 1. The smallest absolute Gasteiger partial charge is 0.294 e. The van der Waals surface area contributed by atoms with Crippen LogP contribution in [0.4, 0.5) is 5.69 Å². The van der Waals surface area contributed by atoms with Crippen LogP contribution in [0.25, 0.3) is 5.69 Å². The molecular weight excluding hydrogens is 298 g/mol. The molecule has 2 aromatic rings. The van der Waals surface area contributed by atoms with Crippen LogP contribution in [0.2, 0.25) is 0 Å². The van der Waals surface area contributed by atoms with Gasteiger partial charge in [0.1, 0.15) is 5.69 Å². The highest BCUT2D eigenvalue weighted by Gasteiger charge is 2.24. The van der Waals surface area contributed by atoms with E-state index in [9.17, 15) is 14.9 Å². The van der Waals surface area contributed by atoms with Crippen LogP contribution in [0, 0.1) is 10.1 Å². The molecule has 1 atom stereocenters. The summed E-state index contributed by atoms with van der Waals surface area (Å²) in [6.45, 7) is 1.17. The Hall–Kier alpha value is -2.74.